The molecule has 0 heterocycles. The Bertz CT molecular complexity index is 570. The van der Waals surface area contributed by atoms with Crippen molar-refractivity contribution in [2.45, 2.75) is 12.8 Å². The number of benzene rings is 2. The molecule has 0 amide bonds. The average molecular weight is 285 g/mol. The van der Waals surface area contributed by atoms with Crippen molar-refractivity contribution >= 4 is 23.2 Å². The molecule has 1 nitrogen and oxygen atoms in total. The van der Waals surface area contributed by atoms with Crippen LogP contribution in [-0.4, -0.2) is 0 Å². The van der Waals surface area contributed by atoms with E-state index in [4.69, 9.17) is 27.9 Å². The van der Waals surface area contributed by atoms with Crippen LogP contribution in [0.3, 0.4) is 0 Å². The predicted octanol–water partition coefficient (Wildman–Crippen LogP) is 5.32. The molecular formula is C14H11Cl2FO. The van der Waals surface area contributed by atoms with E-state index in [9.17, 15) is 4.39 Å². The maximum absolute atomic E-state index is 13.5. The normalized spacial score (nSPS) is 10.4. The van der Waals surface area contributed by atoms with Crippen molar-refractivity contribution in [1.82, 2.24) is 0 Å². The van der Waals surface area contributed by atoms with Crippen molar-refractivity contribution in [3.05, 3.63) is 58.4 Å². The molecule has 2 aromatic carbocycles. The maximum Gasteiger partial charge on any atom is 0.165 e. The van der Waals surface area contributed by atoms with Crippen LogP contribution in [0.15, 0.2) is 36.4 Å². The molecule has 0 fully saturated rings. The third kappa shape index (κ3) is 2.95. The van der Waals surface area contributed by atoms with Gasteiger partial charge in [-0.2, -0.15) is 0 Å². The van der Waals surface area contributed by atoms with E-state index in [2.05, 4.69) is 0 Å². The maximum atomic E-state index is 13.5. The summed E-state index contributed by atoms with van der Waals surface area (Å²) in [6.45, 7) is 1.87. The first kappa shape index (κ1) is 13.2. The first-order valence-electron chi connectivity index (χ1n) is 5.38. The van der Waals surface area contributed by atoms with Crippen LogP contribution in [0.1, 0.15) is 11.1 Å². The van der Waals surface area contributed by atoms with Gasteiger partial charge in [-0.25, -0.2) is 4.39 Å². The minimum absolute atomic E-state index is 0.185. The van der Waals surface area contributed by atoms with Gasteiger partial charge in [0.2, 0.25) is 0 Å². The lowest BCUT2D eigenvalue weighted by molar-refractivity contribution is 0.442. The van der Waals surface area contributed by atoms with Crippen molar-refractivity contribution < 1.29 is 9.13 Å². The Hall–Kier alpha value is -1.25. The van der Waals surface area contributed by atoms with Crippen molar-refractivity contribution in [1.29, 1.82) is 0 Å². The molecule has 2 aromatic rings. The number of rotatable bonds is 3. The summed E-state index contributed by atoms with van der Waals surface area (Å²) in [4.78, 5) is 0. The van der Waals surface area contributed by atoms with E-state index in [-0.39, 0.29) is 5.75 Å². The summed E-state index contributed by atoms with van der Waals surface area (Å²) < 4.78 is 19.0. The van der Waals surface area contributed by atoms with Gasteiger partial charge in [0.25, 0.3) is 0 Å². The molecule has 0 bridgehead atoms. The molecule has 0 aliphatic rings. The Labute approximate surface area is 115 Å². The number of ether oxygens (including phenoxy) is 1. The molecular weight excluding hydrogens is 274 g/mol. The highest BCUT2D eigenvalue weighted by molar-refractivity contribution is 6.32. The standard InChI is InChI=1S/C14H11Cl2FO/c1-9-2-5-13(17)14(6-9)18-11-4-3-10(8-15)12(16)7-11/h2-7H,8H2,1H3. The Balaban J connectivity index is 2.28. The van der Waals surface area contributed by atoms with Crippen molar-refractivity contribution in [3.63, 3.8) is 0 Å². The molecule has 18 heavy (non-hydrogen) atoms. The van der Waals surface area contributed by atoms with Crippen molar-refractivity contribution in [3.8, 4) is 11.5 Å². The van der Waals surface area contributed by atoms with Crippen LogP contribution < -0.4 is 4.74 Å². The van der Waals surface area contributed by atoms with E-state index in [1.54, 1.807) is 30.3 Å². The second-order valence-electron chi connectivity index (χ2n) is 3.92. The van der Waals surface area contributed by atoms with E-state index >= 15 is 0 Å². The first-order valence-corrected chi connectivity index (χ1v) is 6.30. The van der Waals surface area contributed by atoms with Gasteiger partial charge in [-0.1, -0.05) is 23.7 Å². The Morgan fingerprint density at radius 1 is 1.17 bits per heavy atom. The summed E-state index contributed by atoms with van der Waals surface area (Å²) in [6.07, 6.45) is 0. The average Bonchev–Trinajstić information content (AvgIpc) is 2.34. The minimum atomic E-state index is -0.404. The zero-order valence-electron chi connectivity index (χ0n) is 9.71. The van der Waals surface area contributed by atoms with Crippen LogP contribution in [0, 0.1) is 12.7 Å². The van der Waals surface area contributed by atoms with E-state index in [0.29, 0.717) is 16.7 Å². The fraction of sp³-hybridized carbons (Fsp3) is 0.143. The van der Waals surface area contributed by atoms with Crippen LogP contribution in [-0.2, 0) is 5.88 Å². The van der Waals surface area contributed by atoms with Crippen LogP contribution in [0.25, 0.3) is 0 Å². The topological polar surface area (TPSA) is 9.23 Å². The van der Waals surface area contributed by atoms with Crippen LogP contribution in [0.5, 0.6) is 11.5 Å². The SMILES string of the molecule is Cc1ccc(F)c(Oc2ccc(CCl)c(Cl)c2)c1. The molecule has 0 atom stereocenters. The molecule has 0 unspecified atom stereocenters. The summed E-state index contributed by atoms with van der Waals surface area (Å²) in [6, 6.07) is 9.80. The largest absolute Gasteiger partial charge is 0.454 e. The lowest BCUT2D eigenvalue weighted by Gasteiger charge is -2.09. The Morgan fingerprint density at radius 2 is 1.94 bits per heavy atom. The lowest BCUT2D eigenvalue weighted by atomic mass is 10.2. The van der Waals surface area contributed by atoms with E-state index in [0.717, 1.165) is 11.1 Å². The Morgan fingerprint density at radius 3 is 2.61 bits per heavy atom. The van der Waals surface area contributed by atoms with Gasteiger partial charge < -0.3 is 4.74 Å². The van der Waals surface area contributed by atoms with Gasteiger partial charge in [-0.05, 0) is 42.3 Å². The quantitative estimate of drug-likeness (QED) is 0.693. The molecule has 2 rings (SSSR count). The predicted molar refractivity (Wildman–Crippen MR) is 72.2 cm³/mol. The highest BCUT2D eigenvalue weighted by atomic mass is 35.5. The second kappa shape index (κ2) is 5.59. The van der Waals surface area contributed by atoms with Gasteiger partial charge in [0.05, 0.1) is 0 Å². The summed E-state index contributed by atoms with van der Waals surface area (Å²) in [5.74, 6) is 0.596. The van der Waals surface area contributed by atoms with E-state index in [1.165, 1.54) is 6.07 Å². The molecule has 0 aromatic heterocycles. The zero-order valence-corrected chi connectivity index (χ0v) is 11.2. The monoisotopic (exact) mass is 284 g/mol. The summed E-state index contributed by atoms with van der Waals surface area (Å²) in [7, 11) is 0. The number of hydrogen-bond donors (Lipinski definition) is 0. The van der Waals surface area contributed by atoms with Gasteiger partial charge in [0, 0.05) is 10.9 Å². The highest BCUT2D eigenvalue weighted by Gasteiger charge is 2.07. The smallest absolute Gasteiger partial charge is 0.165 e. The minimum Gasteiger partial charge on any atom is -0.454 e. The highest BCUT2D eigenvalue weighted by Crippen LogP contribution is 2.29. The van der Waals surface area contributed by atoms with Gasteiger partial charge in [0.15, 0.2) is 11.6 Å². The van der Waals surface area contributed by atoms with E-state index in [1.807, 2.05) is 6.92 Å². The van der Waals surface area contributed by atoms with Crippen LogP contribution in [0.4, 0.5) is 4.39 Å². The van der Waals surface area contributed by atoms with Gasteiger partial charge in [0.1, 0.15) is 5.75 Å². The summed E-state index contributed by atoms with van der Waals surface area (Å²) >= 11 is 11.7. The van der Waals surface area contributed by atoms with Gasteiger partial charge >= 0.3 is 0 Å². The molecule has 0 aliphatic carbocycles. The summed E-state index contributed by atoms with van der Waals surface area (Å²) in [5, 5.41) is 0.510. The molecule has 0 aliphatic heterocycles. The fourth-order valence-corrected chi connectivity index (χ4v) is 2.05. The first-order chi connectivity index (χ1) is 8.60. The summed E-state index contributed by atoms with van der Waals surface area (Å²) in [5.41, 5.74) is 1.74. The molecule has 0 N–H and O–H groups in total. The molecule has 0 spiro atoms. The van der Waals surface area contributed by atoms with E-state index < -0.39 is 5.82 Å². The number of hydrogen-bond acceptors (Lipinski definition) is 1. The molecule has 0 saturated carbocycles. The van der Waals surface area contributed by atoms with Gasteiger partial charge in [-0.15, -0.1) is 11.6 Å². The third-order valence-electron chi connectivity index (χ3n) is 2.48. The zero-order chi connectivity index (χ0) is 13.1. The number of aryl methyl sites for hydroxylation is 1. The van der Waals surface area contributed by atoms with Crippen LogP contribution >= 0.6 is 23.2 Å². The Kier molecular flexibility index (Phi) is 4.10. The third-order valence-corrected chi connectivity index (χ3v) is 3.12. The molecule has 0 saturated heterocycles. The van der Waals surface area contributed by atoms with Gasteiger partial charge in [-0.3, -0.25) is 0 Å². The van der Waals surface area contributed by atoms with Crippen molar-refractivity contribution in [2.24, 2.45) is 0 Å². The number of alkyl halides is 1. The molecule has 94 valence electrons. The van der Waals surface area contributed by atoms with Crippen LogP contribution in [0.2, 0.25) is 5.02 Å². The van der Waals surface area contributed by atoms with Crippen molar-refractivity contribution in [2.75, 3.05) is 0 Å². The fourth-order valence-electron chi connectivity index (χ4n) is 1.52. The number of halogens is 3. The molecule has 4 heteroatoms. The lowest BCUT2D eigenvalue weighted by Crippen LogP contribution is -1.90. The second-order valence-corrected chi connectivity index (χ2v) is 4.60. The molecule has 0 radical (unpaired) electrons.